The van der Waals surface area contributed by atoms with E-state index in [0.717, 1.165) is 0 Å². The van der Waals surface area contributed by atoms with Crippen LogP contribution in [0.5, 0.6) is 0 Å². The van der Waals surface area contributed by atoms with E-state index in [2.05, 4.69) is 127 Å². The molecule has 0 aromatic heterocycles. The first-order valence-electron chi connectivity index (χ1n) is 20.3. The van der Waals surface area contributed by atoms with Crippen molar-refractivity contribution >= 4 is 72.0 Å². The summed E-state index contributed by atoms with van der Waals surface area (Å²) in [6.45, 7) is 49.4. The molecule has 0 saturated heterocycles. The molecule has 0 aromatic rings. The predicted molar refractivity (Wildman–Crippen MR) is 234 cm³/mol. The molecule has 278 valence electrons. The molecule has 0 bridgehead atoms. The third-order valence-corrected chi connectivity index (χ3v) is 89.5. The number of unbranched alkanes of at least 4 members (excludes halogenated alkanes) is 6. The maximum atomic E-state index is 3.74. The Morgan fingerprint density at radius 3 is 0.522 bits per heavy atom. The SMILES string of the molecule is CCCC[Si](C)(C)[N]([Bi]([N]([Si](C)(C)CCCC)[Si](C)(C)CCCC)[N]([Si](C)(C)CCCC)[Si](C)(C)CCCC)[Si](C)(C)CCCC. The molecule has 0 radical (unpaired) electrons. The van der Waals surface area contributed by atoms with Crippen molar-refractivity contribution in [3.8, 4) is 0 Å². The molecular formula is C36H90BiN3Si6. The Bertz CT molecular complexity index is 657. The second-order valence-corrected chi connectivity index (χ2v) is 63.4. The molecule has 0 rings (SSSR count). The first-order chi connectivity index (χ1) is 21.1. The van der Waals surface area contributed by atoms with Crippen LogP contribution >= 0.6 is 0 Å². The van der Waals surface area contributed by atoms with E-state index < -0.39 is 72.0 Å². The van der Waals surface area contributed by atoms with Crippen molar-refractivity contribution in [1.29, 1.82) is 0 Å². The van der Waals surface area contributed by atoms with Gasteiger partial charge in [0.05, 0.1) is 0 Å². The van der Waals surface area contributed by atoms with Gasteiger partial charge >= 0.3 is 312 Å². The molecule has 0 amide bonds. The van der Waals surface area contributed by atoms with Crippen LogP contribution < -0.4 is 0 Å². The molecule has 0 unspecified atom stereocenters. The molecule has 0 aliphatic heterocycles. The van der Waals surface area contributed by atoms with Crippen LogP contribution in [0.25, 0.3) is 0 Å². The van der Waals surface area contributed by atoms with Crippen molar-refractivity contribution in [3.63, 3.8) is 0 Å². The van der Waals surface area contributed by atoms with E-state index in [1.54, 1.807) is 0 Å². The third kappa shape index (κ3) is 14.6. The Labute approximate surface area is 309 Å². The van der Waals surface area contributed by atoms with Crippen molar-refractivity contribution in [3.05, 3.63) is 0 Å². The summed E-state index contributed by atoms with van der Waals surface area (Å²) in [6, 6.07) is 9.09. The molecule has 0 saturated carbocycles. The van der Waals surface area contributed by atoms with Gasteiger partial charge in [-0.2, -0.15) is 0 Å². The predicted octanol–water partition coefficient (Wildman–Crippen LogP) is 13.9. The second kappa shape index (κ2) is 21.6. The van der Waals surface area contributed by atoms with E-state index in [4.69, 9.17) is 0 Å². The van der Waals surface area contributed by atoms with Gasteiger partial charge in [-0.15, -0.1) is 0 Å². The summed E-state index contributed by atoms with van der Waals surface area (Å²) in [5, 5.41) is 0. The Hall–Kier alpha value is 2.06. The summed E-state index contributed by atoms with van der Waals surface area (Å²) in [7, 11) is -10.1. The molecule has 10 heteroatoms. The van der Waals surface area contributed by atoms with Crippen molar-refractivity contribution < 1.29 is 0 Å². The number of nitrogens with zero attached hydrogens (tertiary/aromatic N) is 3. The van der Waals surface area contributed by atoms with Gasteiger partial charge in [0.25, 0.3) is 0 Å². The van der Waals surface area contributed by atoms with E-state index >= 15 is 0 Å². The fraction of sp³-hybridized carbons (Fsp3) is 1.00. The van der Waals surface area contributed by atoms with Crippen molar-refractivity contribution in [2.45, 2.75) is 233 Å². The topological polar surface area (TPSA) is 9.72 Å². The van der Waals surface area contributed by atoms with Crippen LogP contribution in [-0.4, -0.2) is 78.6 Å². The Morgan fingerprint density at radius 1 is 0.283 bits per heavy atom. The van der Waals surface area contributed by atoms with Crippen molar-refractivity contribution in [2.24, 2.45) is 0 Å². The van der Waals surface area contributed by atoms with Crippen LogP contribution in [0.1, 0.15) is 119 Å². The van der Waals surface area contributed by atoms with Crippen LogP contribution in [-0.2, 0) is 0 Å². The first-order valence-corrected chi connectivity index (χ1v) is 43.9. The zero-order chi connectivity index (χ0) is 36.0. The van der Waals surface area contributed by atoms with Gasteiger partial charge in [0.1, 0.15) is 0 Å². The molecule has 0 atom stereocenters. The van der Waals surface area contributed by atoms with Crippen LogP contribution in [0.2, 0.25) is 115 Å². The summed E-state index contributed by atoms with van der Waals surface area (Å²) in [5.41, 5.74) is 0. The van der Waals surface area contributed by atoms with Gasteiger partial charge in [-0.05, 0) is 0 Å². The van der Waals surface area contributed by atoms with Gasteiger partial charge in [-0.25, -0.2) is 0 Å². The molecule has 0 aliphatic carbocycles. The van der Waals surface area contributed by atoms with Crippen molar-refractivity contribution in [1.82, 2.24) is 6.52 Å². The van der Waals surface area contributed by atoms with Crippen LogP contribution in [0.3, 0.4) is 0 Å². The summed E-state index contributed by atoms with van der Waals surface area (Å²) >= 11 is -2.77. The average molecular weight is 943 g/mol. The van der Waals surface area contributed by atoms with Crippen LogP contribution in [0.15, 0.2) is 0 Å². The van der Waals surface area contributed by atoms with Crippen LogP contribution in [0.4, 0.5) is 0 Å². The molecule has 0 spiro atoms. The zero-order valence-electron chi connectivity index (χ0n) is 35.5. The molecule has 0 fully saturated rings. The Kier molecular flexibility index (Phi) is 22.5. The minimum atomic E-state index is -2.77. The molecule has 0 aliphatic rings. The van der Waals surface area contributed by atoms with Gasteiger partial charge < -0.3 is 0 Å². The third-order valence-electron chi connectivity index (χ3n) is 10.8. The molecular weight excluding hydrogens is 852 g/mol. The van der Waals surface area contributed by atoms with Gasteiger partial charge in [0.2, 0.25) is 0 Å². The van der Waals surface area contributed by atoms with Gasteiger partial charge in [-0.3, -0.25) is 0 Å². The standard InChI is InChI=1S/3C12H30NSi2.Bi/c3*1-7-9-11-14(3,4)13-15(5,6)12-10-8-2;/h3*7-12H2,1-6H3;/q3*-1;+3. The molecule has 0 heterocycles. The second-order valence-electron chi connectivity index (χ2n) is 18.7. The number of hydrogen-bond acceptors (Lipinski definition) is 3. The quantitative estimate of drug-likeness (QED) is 0.0760. The monoisotopic (exact) mass is 942 g/mol. The maximum absolute atomic E-state index is 3.74. The Balaban J connectivity index is 8.48. The van der Waals surface area contributed by atoms with E-state index in [9.17, 15) is 0 Å². The van der Waals surface area contributed by atoms with Gasteiger partial charge in [0, 0.05) is 0 Å². The van der Waals surface area contributed by atoms with Crippen molar-refractivity contribution in [2.75, 3.05) is 0 Å². The zero-order valence-corrected chi connectivity index (χ0v) is 45.0. The number of rotatable bonds is 27. The van der Waals surface area contributed by atoms with Gasteiger partial charge in [0.15, 0.2) is 0 Å². The van der Waals surface area contributed by atoms with Crippen LogP contribution in [0, 0.1) is 0 Å². The van der Waals surface area contributed by atoms with Gasteiger partial charge in [-0.1, -0.05) is 0 Å². The van der Waals surface area contributed by atoms with E-state index in [0.29, 0.717) is 0 Å². The fourth-order valence-electron chi connectivity index (χ4n) is 8.47. The molecule has 46 heavy (non-hydrogen) atoms. The molecule has 0 N–H and O–H groups in total. The summed E-state index contributed by atoms with van der Waals surface area (Å²) in [4.78, 5) is 0. The summed E-state index contributed by atoms with van der Waals surface area (Å²) in [6.07, 6.45) is 16.8. The normalized spacial score (nSPS) is 14.5. The van der Waals surface area contributed by atoms with E-state index in [1.807, 2.05) is 0 Å². The fourth-order valence-corrected chi connectivity index (χ4v) is 103. The minimum absolute atomic E-state index is 1.36. The Morgan fingerprint density at radius 2 is 0.413 bits per heavy atom. The average Bonchev–Trinajstić information content (AvgIpc) is 2.94. The van der Waals surface area contributed by atoms with E-state index in [-0.39, 0.29) is 0 Å². The molecule has 0 aromatic carbocycles. The molecule has 3 nitrogen and oxygen atoms in total. The summed E-state index contributed by atoms with van der Waals surface area (Å²) in [5.74, 6) is 0. The first kappa shape index (κ1) is 48.1. The summed E-state index contributed by atoms with van der Waals surface area (Å²) < 4.78 is 11.2. The van der Waals surface area contributed by atoms with E-state index in [1.165, 1.54) is 113 Å². The number of hydrogen-bond donors (Lipinski definition) is 0.